The van der Waals surface area contributed by atoms with Crippen molar-refractivity contribution in [1.29, 1.82) is 0 Å². The van der Waals surface area contributed by atoms with Gasteiger partial charge in [-0.2, -0.15) is 0 Å². The van der Waals surface area contributed by atoms with Gasteiger partial charge in [-0.05, 0) is 153 Å². The summed E-state index contributed by atoms with van der Waals surface area (Å²) in [5.41, 5.74) is 5.22. The van der Waals surface area contributed by atoms with Gasteiger partial charge < -0.3 is 41.7 Å². The van der Waals surface area contributed by atoms with E-state index in [4.69, 9.17) is 36.6 Å². The third-order valence-corrected chi connectivity index (χ3v) is 29.3. The Bertz CT molecular complexity index is 2970. The van der Waals surface area contributed by atoms with Crippen LogP contribution in [0, 0.1) is 65.1 Å². The average molecular weight is 1340 g/mol. The highest BCUT2D eigenvalue weighted by molar-refractivity contribution is 6.74. The van der Waals surface area contributed by atoms with E-state index in [0.29, 0.717) is 34.8 Å². The summed E-state index contributed by atoms with van der Waals surface area (Å²) in [6, 6.07) is 18.2. The van der Waals surface area contributed by atoms with Crippen molar-refractivity contribution in [2.24, 2.45) is 65.1 Å². The van der Waals surface area contributed by atoms with E-state index in [1.54, 1.807) is 26.4 Å². The third kappa shape index (κ3) is 26.4. The smallest absolute Gasteiger partial charge is 0.336 e. The Balaban J connectivity index is 0.000000490. The van der Waals surface area contributed by atoms with E-state index in [-0.39, 0.29) is 101 Å². The average Bonchev–Trinajstić information content (AvgIpc) is 0.828. The van der Waals surface area contributed by atoms with Crippen molar-refractivity contribution in [3.8, 4) is 0 Å². The zero-order valence-corrected chi connectivity index (χ0v) is 65.6. The van der Waals surface area contributed by atoms with Gasteiger partial charge in [-0.25, -0.2) is 9.59 Å². The minimum absolute atomic E-state index is 0.0186. The molecule has 2 heterocycles. The topological polar surface area (TPSA) is 136 Å². The molecule has 4 aromatic rings. The molecule has 13 heteroatoms. The summed E-state index contributed by atoms with van der Waals surface area (Å²) in [6.07, 6.45) is 25.6. The van der Waals surface area contributed by atoms with Crippen molar-refractivity contribution in [3.05, 3.63) is 152 Å². The molecule has 528 valence electrons. The number of ether oxygens (including phenoxy) is 4. The van der Waals surface area contributed by atoms with Crippen LogP contribution in [0.1, 0.15) is 182 Å². The summed E-state index contributed by atoms with van der Waals surface area (Å²) in [4.78, 5) is 23.1. The lowest BCUT2D eigenvalue weighted by molar-refractivity contribution is -0.0948. The Morgan fingerprint density at radius 1 is 0.489 bits per heavy atom. The molecule has 0 aliphatic rings. The summed E-state index contributed by atoms with van der Waals surface area (Å²) < 4.78 is 48.1. The molecule has 94 heavy (non-hydrogen) atoms. The van der Waals surface area contributed by atoms with Crippen molar-refractivity contribution in [1.82, 2.24) is 0 Å². The molecule has 16 atom stereocenters. The van der Waals surface area contributed by atoms with Crippen LogP contribution in [0.4, 0.5) is 0 Å². The monoisotopic (exact) mass is 1330 g/mol. The van der Waals surface area contributed by atoms with Gasteiger partial charge in [-0.15, -0.1) is 0 Å². The predicted octanol–water partition coefficient (Wildman–Crippen LogP) is 21.3. The summed E-state index contributed by atoms with van der Waals surface area (Å²) >= 11 is 0. The summed E-state index contributed by atoms with van der Waals surface area (Å²) in [5, 5.41) is 13.5. The van der Waals surface area contributed by atoms with E-state index in [2.05, 4.69) is 232 Å². The number of rotatable bonds is 36. The van der Waals surface area contributed by atoms with Crippen molar-refractivity contribution < 1.29 is 41.7 Å². The lowest BCUT2D eigenvalue weighted by Crippen LogP contribution is -2.49. The van der Waals surface area contributed by atoms with Crippen LogP contribution in [0.15, 0.2) is 139 Å². The predicted molar refractivity (Wildman–Crippen MR) is 403 cm³/mol. The molecular weight excluding hydrogens is 1210 g/mol. The number of aliphatic hydroxyl groups is 1. The van der Waals surface area contributed by atoms with Gasteiger partial charge >= 0.3 is 11.3 Å². The van der Waals surface area contributed by atoms with Crippen LogP contribution < -0.4 is 11.3 Å². The van der Waals surface area contributed by atoms with Gasteiger partial charge in [0.15, 0.2) is 16.6 Å². The Hall–Kier alpha value is -4.55. The van der Waals surface area contributed by atoms with Gasteiger partial charge in [-0.3, -0.25) is 0 Å². The molecule has 0 aliphatic heterocycles. The lowest BCUT2D eigenvalue weighted by Gasteiger charge is -2.44. The van der Waals surface area contributed by atoms with E-state index < -0.39 is 22.7 Å². The molecular formula is C81H130O11Si2. The van der Waals surface area contributed by atoms with Crippen LogP contribution in [0.25, 0.3) is 34.1 Å². The fourth-order valence-corrected chi connectivity index (χ4v) is 15.4. The molecule has 0 bridgehead atoms. The van der Waals surface area contributed by atoms with Crippen molar-refractivity contribution >= 4 is 50.7 Å². The maximum atomic E-state index is 11.6. The minimum atomic E-state index is -2.09. The number of benzene rings is 2. The van der Waals surface area contributed by atoms with E-state index in [1.807, 2.05) is 36.4 Å². The first kappa shape index (κ1) is 83.7. The van der Waals surface area contributed by atoms with Crippen LogP contribution in [-0.4, -0.2) is 80.1 Å². The molecule has 2 aromatic carbocycles. The number of allylic oxidation sites excluding steroid dienone is 5. The zero-order chi connectivity index (χ0) is 71.1. The standard InChI is InChI=1S/C41H66O5Si.C40H64O6Si/c1-15-16-17-29(3)33(7)34(8)40(46-47(13,14)41(9,10)11)32(6)25-28(2)24-31(5)39(44-27-43-12)30(4)18-19-35-20-22-37-36(26-35)21-23-38(42)45-37;1-14-15-16-28(3)37(42)32(7)39(46-47(12,13)40(8,9)10)31(6)24-27(2)23-30(5)38(44-26-43-11)29(4)17-18-33-19-21-35-34(25-33)20-22-36(41)45-35/h16-24,26,29-34,39-40H,15,25,27H2,1-14H3;15-23,25,28-32,37-39,42H,14,24,26H2,1-13H3/b17-16-,19-18-,28-24-;16-15-,18-17-,27-23-/t29?,30?,31-,32-,33-,34+,39-,40+;28?,29?,30-,31-,32+,37-,38-,39+/m00/s1. The quantitative estimate of drug-likeness (QED) is 0.0202. The molecule has 4 unspecified atom stereocenters. The van der Waals surface area contributed by atoms with Crippen LogP contribution in [0.3, 0.4) is 0 Å². The van der Waals surface area contributed by atoms with Gasteiger partial charge in [0.1, 0.15) is 24.8 Å². The van der Waals surface area contributed by atoms with Gasteiger partial charge in [0, 0.05) is 72.6 Å². The molecule has 0 saturated heterocycles. The highest BCUT2D eigenvalue weighted by Gasteiger charge is 2.44. The molecule has 11 nitrogen and oxygen atoms in total. The third-order valence-electron chi connectivity index (χ3n) is 20.4. The summed E-state index contributed by atoms with van der Waals surface area (Å²) in [6.45, 7) is 57.3. The fourth-order valence-electron chi connectivity index (χ4n) is 12.4. The van der Waals surface area contributed by atoms with Gasteiger partial charge in [0.25, 0.3) is 0 Å². The second-order valence-corrected chi connectivity index (χ2v) is 40.4. The number of aliphatic hydroxyl groups excluding tert-OH is 1. The SMILES string of the molecule is CC/C=C\C(C)[C@H](C)[C@@H](C)[C@H](O[Si](C)(C)C(C)(C)C)[C@@H](C)C/C(C)=C\[C@H](C)[C@@H](OCOC)C(C)/C=C\c1ccc2oc(=O)ccc2c1.CC/C=C\C(C)[C@H](O)[C@@H](C)[C@H](O[Si](C)(C)C(C)(C)C)[C@@H](C)C/C(C)=C\[C@H](C)[C@@H](OCOC)C(C)/C=C\c1ccc2oc(=O)ccc2c1. The zero-order valence-electron chi connectivity index (χ0n) is 63.6. The highest BCUT2D eigenvalue weighted by atomic mass is 28.4. The molecule has 0 aliphatic carbocycles. The highest BCUT2D eigenvalue weighted by Crippen LogP contribution is 2.43. The minimum Gasteiger partial charge on any atom is -0.423 e. The van der Waals surface area contributed by atoms with Crippen LogP contribution >= 0.6 is 0 Å². The van der Waals surface area contributed by atoms with E-state index in [1.165, 1.54) is 23.3 Å². The first-order valence-corrected chi connectivity index (χ1v) is 41.0. The molecule has 2 aromatic heterocycles. The molecule has 0 radical (unpaired) electrons. The van der Waals surface area contributed by atoms with E-state index in [9.17, 15) is 14.7 Å². The largest absolute Gasteiger partial charge is 0.423 e. The molecule has 0 amide bonds. The van der Waals surface area contributed by atoms with Crippen molar-refractivity contribution in [3.63, 3.8) is 0 Å². The van der Waals surface area contributed by atoms with Crippen molar-refractivity contribution in [2.45, 2.75) is 238 Å². The Kier molecular flexibility index (Phi) is 34.9. The summed E-state index contributed by atoms with van der Waals surface area (Å²) in [5.74, 6) is 2.62. The molecule has 4 rings (SSSR count). The molecule has 1 N–H and O–H groups in total. The number of hydrogen-bond donors (Lipinski definition) is 1. The van der Waals surface area contributed by atoms with E-state index in [0.717, 1.165) is 47.6 Å². The van der Waals surface area contributed by atoms with Crippen molar-refractivity contribution in [2.75, 3.05) is 27.8 Å². The number of hydrogen-bond acceptors (Lipinski definition) is 11. The molecule has 0 spiro atoms. The maximum Gasteiger partial charge on any atom is 0.336 e. The van der Waals surface area contributed by atoms with E-state index >= 15 is 0 Å². The normalized spacial score (nSPS) is 18.7. The fraction of sp³-hybridized carbons (Fsp3) is 0.630. The Morgan fingerprint density at radius 3 is 1.22 bits per heavy atom. The second kappa shape index (κ2) is 39.1. The van der Waals surface area contributed by atoms with Gasteiger partial charge in [0.05, 0.1) is 30.5 Å². The van der Waals surface area contributed by atoms with Crippen LogP contribution in [-0.2, 0) is 27.8 Å². The molecule has 0 fully saturated rings. The van der Waals surface area contributed by atoms with Crippen LogP contribution in [0.5, 0.6) is 0 Å². The second-order valence-electron chi connectivity index (χ2n) is 30.9. The maximum absolute atomic E-state index is 11.6. The number of methoxy groups -OCH3 is 2. The Morgan fingerprint density at radius 2 is 0.862 bits per heavy atom. The van der Waals surface area contributed by atoms with Crippen LogP contribution in [0.2, 0.25) is 36.3 Å². The first-order valence-electron chi connectivity index (χ1n) is 35.2. The molecule has 0 saturated carbocycles. The lowest BCUT2D eigenvalue weighted by atomic mass is 9.77. The van der Waals surface area contributed by atoms with Gasteiger partial charge in [-0.1, -0.05) is 216 Å². The number of fused-ring (bicyclic) bond motifs is 2. The summed E-state index contributed by atoms with van der Waals surface area (Å²) in [7, 11) is -0.761. The van der Waals surface area contributed by atoms with Gasteiger partial charge in [0.2, 0.25) is 0 Å². The first-order chi connectivity index (χ1) is 43.8. The Labute approximate surface area is 572 Å².